The van der Waals surface area contributed by atoms with Crippen LogP contribution in [0.4, 0.5) is 4.39 Å². The van der Waals surface area contributed by atoms with Crippen LogP contribution >= 0.6 is 23.1 Å². The number of rotatable bonds is 9. The van der Waals surface area contributed by atoms with E-state index in [0.29, 0.717) is 27.4 Å². The third-order valence-electron chi connectivity index (χ3n) is 5.12. The lowest BCUT2D eigenvalue weighted by molar-refractivity contribution is -0.142. The molecule has 0 aliphatic heterocycles. The van der Waals surface area contributed by atoms with E-state index in [0.717, 1.165) is 22.8 Å². The van der Waals surface area contributed by atoms with Crippen molar-refractivity contribution in [1.82, 2.24) is 9.69 Å². The molecule has 0 radical (unpaired) electrons. The zero-order valence-electron chi connectivity index (χ0n) is 17.7. The Morgan fingerprint density at radius 2 is 1.97 bits per heavy atom. The summed E-state index contributed by atoms with van der Waals surface area (Å²) in [6, 6.07) is 14.5. The highest BCUT2D eigenvalue weighted by Crippen LogP contribution is 2.27. The number of hydrogen-bond donors (Lipinski definition) is 2. The Kier molecular flexibility index (Phi) is 8.15. The molecule has 2 aromatic carbocycles. The maximum atomic E-state index is 14.2. The van der Waals surface area contributed by atoms with E-state index in [4.69, 9.17) is 16.9 Å². The summed E-state index contributed by atoms with van der Waals surface area (Å²) in [6.45, 7) is 1.78. The van der Waals surface area contributed by atoms with Gasteiger partial charge in [-0.15, -0.1) is 0 Å². The lowest BCUT2D eigenvalue weighted by atomic mass is 9.92. The van der Waals surface area contributed by atoms with E-state index in [1.54, 1.807) is 43.3 Å². The standard InChI is InChI=1S/C24H21ClFN3O3S/c1-14-10-22(33-29-14)23(30)28-19(12-17(8-9-27)24(31)32)11-15-2-4-16(5-3-15)20-13-18(25)6-7-21(20)26/h2-7,10,13,17,19H,8,11-12H2,1H3,(H,28,30)(H,31,32)/t17-,19?/m1/s1. The van der Waals surface area contributed by atoms with Crippen LogP contribution in [0.15, 0.2) is 48.5 Å². The Balaban J connectivity index is 1.80. The number of nitrogens with one attached hydrogen (secondary N) is 1. The highest BCUT2D eigenvalue weighted by Gasteiger charge is 2.25. The van der Waals surface area contributed by atoms with Crippen molar-refractivity contribution in [2.45, 2.75) is 32.2 Å². The number of carbonyl (C=O) groups excluding carboxylic acids is 1. The first-order chi connectivity index (χ1) is 15.8. The van der Waals surface area contributed by atoms with Gasteiger partial charge in [0.05, 0.1) is 17.7 Å². The largest absolute Gasteiger partial charge is 0.481 e. The van der Waals surface area contributed by atoms with Crippen molar-refractivity contribution in [2.75, 3.05) is 0 Å². The van der Waals surface area contributed by atoms with E-state index >= 15 is 0 Å². The van der Waals surface area contributed by atoms with Crippen LogP contribution in [0.2, 0.25) is 5.02 Å². The van der Waals surface area contributed by atoms with Crippen molar-refractivity contribution in [2.24, 2.45) is 5.92 Å². The van der Waals surface area contributed by atoms with E-state index in [1.807, 2.05) is 6.07 Å². The van der Waals surface area contributed by atoms with Crippen molar-refractivity contribution >= 4 is 35.0 Å². The highest BCUT2D eigenvalue weighted by molar-refractivity contribution is 7.08. The van der Waals surface area contributed by atoms with Crippen LogP contribution < -0.4 is 5.32 Å². The summed E-state index contributed by atoms with van der Waals surface area (Å²) in [5.74, 6) is -2.73. The van der Waals surface area contributed by atoms with Crippen LogP contribution in [0, 0.1) is 30.0 Å². The molecule has 0 bridgehead atoms. The third-order valence-corrected chi connectivity index (χ3v) is 6.23. The zero-order chi connectivity index (χ0) is 24.0. The SMILES string of the molecule is Cc1cc(C(=O)NC(Cc2ccc(-c3cc(Cl)ccc3F)cc2)C[C@@H](CC#N)C(=O)O)sn1. The number of hydrogen-bond acceptors (Lipinski definition) is 5. The molecule has 1 amide bonds. The molecule has 9 heteroatoms. The second-order valence-electron chi connectivity index (χ2n) is 7.66. The van der Waals surface area contributed by atoms with E-state index < -0.39 is 23.7 Å². The summed E-state index contributed by atoms with van der Waals surface area (Å²) >= 11 is 7.05. The molecule has 1 aromatic heterocycles. The minimum atomic E-state index is -1.09. The monoisotopic (exact) mass is 485 g/mol. The average Bonchev–Trinajstić information content (AvgIpc) is 3.22. The Morgan fingerprint density at radius 1 is 1.24 bits per heavy atom. The van der Waals surface area contributed by atoms with Crippen molar-refractivity contribution in [3.8, 4) is 17.2 Å². The summed E-state index contributed by atoms with van der Waals surface area (Å²) in [5, 5.41) is 21.8. The van der Waals surface area contributed by atoms with Crippen LogP contribution in [0.5, 0.6) is 0 Å². The minimum absolute atomic E-state index is 0.0943. The Labute approximate surface area is 199 Å². The number of benzene rings is 2. The van der Waals surface area contributed by atoms with Gasteiger partial charge in [-0.3, -0.25) is 9.59 Å². The maximum absolute atomic E-state index is 14.2. The predicted octanol–water partition coefficient (Wildman–Crippen LogP) is 5.26. The third kappa shape index (κ3) is 6.60. The molecule has 2 atom stereocenters. The molecule has 0 spiro atoms. The summed E-state index contributed by atoms with van der Waals surface area (Å²) in [6.07, 6.45) is 0.280. The molecular formula is C24H21ClFN3O3S. The molecule has 2 N–H and O–H groups in total. The number of nitriles is 1. The second-order valence-corrected chi connectivity index (χ2v) is 8.90. The first-order valence-corrected chi connectivity index (χ1v) is 11.3. The number of amides is 1. The van der Waals surface area contributed by atoms with Crippen LogP contribution in [0.25, 0.3) is 11.1 Å². The number of aryl methyl sites for hydroxylation is 1. The summed E-state index contributed by atoms with van der Waals surface area (Å²) in [7, 11) is 0. The molecule has 3 rings (SSSR count). The number of aromatic nitrogens is 1. The second kappa shape index (κ2) is 11.0. The molecule has 0 saturated carbocycles. The van der Waals surface area contributed by atoms with Crippen molar-refractivity contribution < 1.29 is 19.1 Å². The number of carboxylic acid groups (broad SMARTS) is 1. The molecule has 170 valence electrons. The van der Waals surface area contributed by atoms with Gasteiger partial charge in [-0.1, -0.05) is 35.9 Å². The number of halogens is 2. The fourth-order valence-electron chi connectivity index (χ4n) is 3.47. The lowest BCUT2D eigenvalue weighted by Crippen LogP contribution is -2.38. The van der Waals surface area contributed by atoms with Gasteiger partial charge in [0, 0.05) is 23.0 Å². The van der Waals surface area contributed by atoms with Gasteiger partial charge in [-0.2, -0.15) is 9.64 Å². The fourth-order valence-corrected chi connectivity index (χ4v) is 4.30. The van der Waals surface area contributed by atoms with Crippen LogP contribution in [0.3, 0.4) is 0 Å². The van der Waals surface area contributed by atoms with E-state index in [1.165, 1.54) is 12.1 Å². The Morgan fingerprint density at radius 3 is 2.58 bits per heavy atom. The first kappa shape index (κ1) is 24.4. The van der Waals surface area contributed by atoms with Gasteiger partial charge in [-0.25, -0.2) is 4.39 Å². The van der Waals surface area contributed by atoms with Crippen molar-refractivity contribution in [3.05, 3.63) is 75.5 Å². The normalized spacial score (nSPS) is 12.5. The first-order valence-electron chi connectivity index (χ1n) is 10.1. The fraction of sp³-hybridized carbons (Fsp3) is 0.250. The maximum Gasteiger partial charge on any atom is 0.307 e. The van der Waals surface area contributed by atoms with Crippen molar-refractivity contribution in [3.63, 3.8) is 0 Å². The van der Waals surface area contributed by atoms with Gasteiger partial charge >= 0.3 is 5.97 Å². The minimum Gasteiger partial charge on any atom is -0.481 e. The molecule has 0 aliphatic rings. The molecule has 0 saturated heterocycles. The van der Waals surface area contributed by atoms with Crippen LogP contribution in [-0.4, -0.2) is 27.4 Å². The quantitative estimate of drug-likeness (QED) is 0.430. The van der Waals surface area contributed by atoms with Gasteiger partial charge in [0.15, 0.2) is 0 Å². The van der Waals surface area contributed by atoms with Gasteiger partial charge in [0.1, 0.15) is 10.7 Å². The van der Waals surface area contributed by atoms with Gasteiger partial charge in [-0.05, 0) is 66.7 Å². The smallest absolute Gasteiger partial charge is 0.307 e. The molecule has 1 unspecified atom stereocenters. The van der Waals surface area contributed by atoms with Crippen molar-refractivity contribution in [1.29, 1.82) is 5.26 Å². The number of nitrogens with zero attached hydrogens (tertiary/aromatic N) is 2. The number of aliphatic carboxylic acids is 1. The molecule has 6 nitrogen and oxygen atoms in total. The zero-order valence-corrected chi connectivity index (χ0v) is 19.3. The Hall–Kier alpha value is -3.28. The van der Waals surface area contributed by atoms with E-state index in [2.05, 4.69) is 9.69 Å². The summed E-state index contributed by atoms with van der Waals surface area (Å²) < 4.78 is 18.3. The lowest BCUT2D eigenvalue weighted by Gasteiger charge is -2.21. The van der Waals surface area contributed by atoms with E-state index in [-0.39, 0.29) is 18.7 Å². The topological polar surface area (TPSA) is 103 Å². The van der Waals surface area contributed by atoms with Crippen LogP contribution in [0.1, 0.15) is 33.8 Å². The summed E-state index contributed by atoms with van der Waals surface area (Å²) in [5.41, 5.74) is 2.57. The van der Waals surface area contributed by atoms with E-state index in [9.17, 15) is 19.1 Å². The molecule has 33 heavy (non-hydrogen) atoms. The number of carbonyl (C=O) groups is 2. The summed E-state index contributed by atoms with van der Waals surface area (Å²) in [4.78, 5) is 24.7. The Bertz CT molecular complexity index is 1190. The van der Waals surface area contributed by atoms with Crippen LogP contribution in [-0.2, 0) is 11.2 Å². The molecular weight excluding hydrogens is 465 g/mol. The molecule has 3 aromatic rings. The molecule has 0 aliphatic carbocycles. The average molecular weight is 486 g/mol. The molecule has 0 fully saturated rings. The molecule has 1 heterocycles. The van der Waals surface area contributed by atoms with Gasteiger partial charge in [0.2, 0.25) is 0 Å². The van der Waals surface area contributed by atoms with Gasteiger partial charge < -0.3 is 10.4 Å². The highest BCUT2D eigenvalue weighted by atomic mass is 35.5. The number of carboxylic acids is 1. The van der Waals surface area contributed by atoms with Gasteiger partial charge in [0.25, 0.3) is 5.91 Å². The predicted molar refractivity (Wildman–Crippen MR) is 125 cm³/mol.